The molecule has 3 N–H and O–H groups in total. The van der Waals surface area contributed by atoms with Gasteiger partial charge >= 0.3 is 11.9 Å². The van der Waals surface area contributed by atoms with Crippen LogP contribution in [-0.2, 0) is 14.3 Å². The molecule has 6 heteroatoms. The average molecular weight is 898 g/mol. The quantitative estimate of drug-likeness (QED) is 0.0415. The average Bonchev–Trinajstić information content (AvgIpc) is 3.27. The maximum absolute atomic E-state index is 11.9. The van der Waals surface area contributed by atoms with Crippen molar-refractivity contribution in [1.29, 1.82) is 0 Å². The summed E-state index contributed by atoms with van der Waals surface area (Å²) in [5.74, 6) is -0.625. The Labute approximate surface area is 395 Å². The summed E-state index contributed by atoms with van der Waals surface area (Å²) in [5.41, 5.74) is 0. The minimum Gasteiger partial charge on any atom is -0.481 e. The van der Waals surface area contributed by atoms with E-state index in [-0.39, 0.29) is 12.6 Å². The van der Waals surface area contributed by atoms with Crippen LogP contribution in [0.2, 0.25) is 0 Å². The van der Waals surface area contributed by atoms with Gasteiger partial charge in [0.2, 0.25) is 0 Å². The lowest BCUT2D eigenvalue weighted by molar-refractivity contribution is -0.144. The second kappa shape index (κ2) is 62.9. The Kier molecular flexibility index (Phi) is 66.1. The smallest absolute Gasteiger partial charge is 0.305 e. The van der Waals surface area contributed by atoms with E-state index in [2.05, 4.69) is 20.8 Å². The molecule has 0 aliphatic carbocycles. The summed E-state index contributed by atoms with van der Waals surface area (Å²) < 4.78 is 5.44. The Morgan fingerprint density at radius 2 is 0.540 bits per heavy atom. The Balaban J connectivity index is -0.00000119. The van der Waals surface area contributed by atoms with Gasteiger partial charge in [-0.05, 0) is 26.2 Å². The first-order valence-corrected chi connectivity index (χ1v) is 28.5. The number of unbranched alkanes of at least 4 members (excludes halogenated alkanes) is 43. The Morgan fingerprint density at radius 1 is 0.349 bits per heavy atom. The van der Waals surface area contributed by atoms with Crippen molar-refractivity contribution in [3.63, 3.8) is 0 Å². The van der Waals surface area contributed by atoms with Gasteiger partial charge in [0.25, 0.3) is 0 Å². The number of carboxylic acid groups (broad SMARTS) is 1. The molecule has 0 aromatic carbocycles. The number of rotatable bonds is 50. The van der Waals surface area contributed by atoms with Crippen LogP contribution in [0.25, 0.3) is 0 Å². The predicted octanol–water partition coefficient (Wildman–Crippen LogP) is 18.7. The van der Waals surface area contributed by atoms with Gasteiger partial charge in [0.15, 0.2) is 0 Å². The third-order valence-electron chi connectivity index (χ3n) is 12.5. The number of carbonyl (C=O) groups excluding carboxylic acids is 1. The summed E-state index contributed by atoms with van der Waals surface area (Å²) in [4.78, 5) is 22.2. The van der Waals surface area contributed by atoms with Crippen molar-refractivity contribution in [1.82, 2.24) is 0 Å². The predicted molar refractivity (Wildman–Crippen MR) is 276 cm³/mol. The molecule has 0 amide bonds. The molecule has 0 rings (SSSR count). The summed E-state index contributed by atoms with van der Waals surface area (Å²) in [5, 5.41) is 24.5. The maximum atomic E-state index is 11.9. The molecule has 1 atom stereocenters. The zero-order valence-corrected chi connectivity index (χ0v) is 43.5. The molecule has 0 radical (unpaired) electrons. The minimum atomic E-state index is -0.653. The first-order chi connectivity index (χ1) is 30.8. The SMILES string of the molecule is CC(O)CO.CCCCCCCCCCCCCCCCCC(=O)O.CCCCCCCCCCCCCCCCCCOC(=O)CCCCCCCCCCCCCCCCC. The lowest BCUT2D eigenvalue weighted by Crippen LogP contribution is -2.05. The molecule has 0 bridgehead atoms. The van der Waals surface area contributed by atoms with Gasteiger partial charge in [-0.3, -0.25) is 9.59 Å². The van der Waals surface area contributed by atoms with Crippen LogP contribution in [0.15, 0.2) is 0 Å². The molecular weight excluding hydrogens is 781 g/mol. The molecule has 63 heavy (non-hydrogen) atoms. The van der Waals surface area contributed by atoms with Gasteiger partial charge in [0.05, 0.1) is 19.3 Å². The summed E-state index contributed by atoms with van der Waals surface area (Å²) in [7, 11) is 0. The van der Waals surface area contributed by atoms with E-state index in [0.29, 0.717) is 19.4 Å². The van der Waals surface area contributed by atoms with Crippen LogP contribution in [-0.4, -0.2) is 46.6 Å². The van der Waals surface area contributed by atoms with Gasteiger partial charge < -0.3 is 20.1 Å². The van der Waals surface area contributed by atoms with E-state index in [1.165, 1.54) is 277 Å². The molecule has 0 aliphatic rings. The lowest BCUT2D eigenvalue weighted by atomic mass is 10.0. The van der Waals surface area contributed by atoms with Gasteiger partial charge in [-0.15, -0.1) is 0 Å². The number of aliphatic hydroxyl groups excluding tert-OH is 2. The summed E-state index contributed by atoms with van der Waals surface area (Å²) >= 11 is 0. The first-order valence-electron chi connectivity index (χ1n) is 28.5. The molecule has 0 aromatic heterocycles. The fourth-order valence-electron chi connectivity index (χ4n) is 8.20. The second-order valence-electron chi connectivity index (χ2n) is 19.3. The Hall–Kier alpha value is -1.14. The van der Waals surface area contributed by atoms with E-state index in [9.17, 15) is 9.59 Å². The number of ether oxygens (including phenoxy) is 1. The normalized spacial score (nSPS) is 11.5. The van der Waals surface area contributed by atoms with Crippen molar-refractivity contribution in [2.75, 3.05) is 13.2 Å². The number of aliphatic carboxylic acids is 1. The van der Waals surface area contributed by atoms with Gasteiger partial charge in [0, 0.05) is 12.8 Å². The molecule has 0 aromatic rings. The molecule has 0 heterocycles. The first kappa shape index (κ1) is 66.1. The van der Waals surface area contributed by atoms with Crippen molar-refractivity contribution in [3.05, 3.63) is 0 Å². The van der Waals surface area contributed by atoms with Gasteiger partial charge in [-0.1, -0.05) is 297 Å². The van der Waals surface area contributed by atoms with Crippen LogP contribution >= 0.6 is 0 Å². The van der Waals surface area contributed by atoms with Gasteiger partial charge in [-0.25, -0.2) is 0 Å². The van der Waals surface area contributed by atoms with Crippen molar-refractivity contribution >= 4 is 11.9 Å². The fourth-order valence-corrected chi connectivity index (χ4v) is 8.20. The summed E-state index contributed by atoms with van der Waals surface area (Å²) in [6.45, 7) is 8.87. The van der Waals surface area contributed by atoms with E-state index in [1.54, 1.807) is 0 Å². The zero-order chi connectivity index (χ0) is 46.8. The number of esters is 1. The van der Waals surface area contributed by atoms with Crippen molar-refractivity contribution in [2.45, 2.75) is 342 Å². The van der Waals surface area contributed by atoms with Crippen LogP contribution in [0.4, 0.5) is 0 Å². The van der Waals surface area contributed by atoms with Crippen LogP contribution < -0.4 is 0 Å². The standard InChI is InChI=1S/C36H72O2.C18H36O2.C3H8O2/c1-3-5-7-9-11-13-15-17-19-21-23-25-27-29-31-33-35-38-36(37)34-32-30-28-26-24-22-20-18-16-14-12-10-8-6-4-2;1-2-3-4-5-6-7-8-9-10-11-12-13-14-15-16-17-18(19)20;1-3(5)2-4/h3-35H2,1-2H3;2-17H2,1H3,(H,19,20);3-5H,2H2,1H3. The van der Waals surface area contributed by atoms with E-state index in [4.69, 9.17) is 20.1 Å². The van der Waals surface area contributed by atoms with Crippen LogP contribution in [0.5, 0.6) is 0 Å². The summed E-state index contributed by atoms with van der Waals surface area (Å²) in [6, 6.07) is 0. The maximum Gasteiger partial charge on any atom is 0.305 e. The molecule has 0 spiro atoms. The van der Waals surface area contributed by atoms with E-state index in [1.807, 2.05) is 0 Å². The minimum absolute atomic E-state index is 0.0284. The number of carbonyl (C=O) groups is 2. The number of hydrogen-bond donors (Lipinski definition) is 3. The highest BCUT2D eigenvalue weighted by Gasteiger charge is 2.03. The highest BCUT2D eigenvalue weighted by atomic mass is 16.5. The largest absolute Gasteiger partial charge is 0.481 e. The third kappa shape index (κ3) is 72.7. The van der Waals surface area contributed by atoms with Crippen molar-refractivity contribution in [3.8, 4) is 0 Å². The number of hydrogen-bond acceptors (Lipinski definition) is 5. The monoisotopic (exact) mass is 897 g/mol. The van der Waals surface area contributed by atoms with E-state index in [0.717, 1.165) is 25.7 Å². The Bertz CT molecular complexity index is 816. The van der Waals surface area contributed by atoms with Crippen molar-refractivity contribution in [2.24, 2.45) is 0 Å². The molecule has 0 aliphatic heterocycles. The molecule has 0 fully saturated rings. The number of aliphatic hydroxyl groups is 2. The molecule has 1 unspecified atom stereocenters. The zero-order valence-electron chi connectivity index (χ0n) is 43.5. The fraction of sp³-hybridized carbons (Fsp3) is 0.965. The topological polar surface area (TPSA) is 104 Å². The highest BCUT2D eigenvalue weighted by Crippen LogP contribution is 2.17. The Morgan fingerprint density at radius 3 is 0.746 bits per heavy atom. The molecule has 6 nitrogen and oxygen atoms in total. The van der Waals surface area contributed by atoms with E-state index < -0.39 is 12.1 Å². The second-order valence-corrected chi connectivity index (χ2v) is 19.3. The molecule has 0 saturated carbocycles. The van der Waals surface area contributed by atoms with Gasteiger partial charge in [0.1, 0.15) is 0 Å². The molecule has 0 saturated heterocycles. The third-order valence-corrected chi connectivity index (χ3v) is 12.5. The van der Waals surface area contributed by atoms with Crippen LogP contribution in [0.3, 0.4) is 0 Å². The van der Waals surface area contributed by atoms with Gasteiger partial charge in [-0.2, -0.15) is 0 Å². The van der Waals surface area contributed by atoms with Crippen LogP contribution in [0, 0.1) is 0 Å². The molecular formula is C57H116O6. The van der Waals surface area contributed by atoms with Crippen LogP contribution in [0.1, 0.15) is 336 Å². The molecule has 380 valence electrons. The summed E-state index contributed by atoms with van der Waals surface area (Å²) in [6.07, 6.45) is 62.7. The number of carboxylic acids is 1. The lowest BCUT2D eigenvalue weighted by Gasteiger charge is -2.06. The van der Waals surface area contributed by atoms with Crippen molar-refractivity contribution < 1.29 is 29.6 Å². The van der Waals surface area contributed by atoms with E-state index >= 15 is 0 Å². The highest BCUT2D eigenvalue weighted by molar-refractivity contribution is 5.69.